The quantitative estimate of drug-likeness (QED) is 0.803. The Kier molecular flexibility index (Phi) is 2.45. The molecule has 0 amide bonds. The lowest BCUT2D eigenvalue weighted by Gasteiger charge is -2.15. The Hall–Kier alpha value is -1.78. The van der Waals surface area contributed by atoms with Crippen LogP contribution in [0.3, 0.4) is 0 Å². The summed E-state index contributed by atoms with van der Waals surface area (Å²) < 4.78 is 5.10. The van der Waals surface area contributed by atoms with Gasteiger partial charge in [-0.2, -0.15) is 4.98 Å². The standard InChI is InChI=1S/C10H13N3O2/c1-7(2)9-11-10(15-12-9)13-5-3-8(14)4-6-13/h3-5,7,14H,6H2,1-2H3. The van der Waals surface area contributed by atoms with E-state index in [1.54, 1.807) is 23.3 Å². The maximum atomic E-state index is 9.15. The molecule has 0 radical (unpaired) electrons. The van der Waals surface area contributed by atoms with Crippen molar-refractivity contribution in [1.82, 2.24) is 10.1 Å². The van der Waals surface area contributed by atoms with E-state index in [0.29, 0.717) is 18.4 Å². The summed E-state index contributed by atoms with van der Waals surface area (Å²) in [6.07, 6.45) is 4.98. The van der Waals surface area contributed by atoms with E-state index in [0.717, 1.165) is 0 Å². The molecule has 0 atom stereocenters. The predicted octanol–water partition coefficient (Wildman–Crippen LogP) is 1.97. The molecule has 0 unspecified atom stereocenters. The highest BCUT2D eigenvalue weighted by Gasteiger charge is 2.15. The number of hydrogen-bond donors (Lipinski definition) is 1. The van der Waals surface area contributed by atoms with Crippen LogP contribution in [0.2, 0.25) is 0 Å². The first kappa shape index (κ1) is 9.76. The van der Waals surface area contributed by atoms with Gasteiger partial charge in [-0.1, -0.05) is 19.0 Å². The summed E-state index contributed by atoms with van der Waals surface area (Å²) in [5, 5.41) is 13.0. The van der Waals surface area contributed by atoms with Crippen molar-refractivity contribution in [2.24, 2.45) is 0 Å². The number of nitrogens with zero attached hydrogens (tertiary/aromatic N) is 3. The molecule has 0 aliphatic carbocycles. The molecule has 5 heteroatoms. The molecule has 0 fully saturated rings. The summed E-state index contributed by atoms with van der Waals surface area (Å²) in [5.41, 5.74) is 0. The molecule has 1 aromatic heterocycles. The Balaban J connectivity index is 2.14. The van der Waals surface area contributed by atoms with Crippen molar-refractivity contribution in [3.63, 3.8) is 0 Å². The van der Waals surface area contributed by atoms with Gasteiger partial charge in [0.2, 0.25) is 0 Å². The van der Waals surface area contributed by atoms with Gasteiger partial charge < -0.3 is 9.63 Å². The van der Waals surface area contributed by atoms with Crippen LogP contribution >= 0.6 is 0 Å². The van der Waals surface area contributed by atoms with Crippen LogP contribution in [-0.2, 0) is 0 Å². The molecule has 0 saturated carbocycles. The highest BCUT2D eigenvalue weighted by atomic mass is 16.5. The molecule has 0 spiro atoms. The number of hydrogen-bond acceptors (Lipinski definition) is 5. The third-order valence-corrected chi connectivity index (χ3v) is 2.12. The van der Waals surface area contributed by atoms with Crippen molar-refractivity contribution in [3.8, 4) is 0 Å². The fraction of sp³-hybridized carbons (Fsp3) is 0.400. The van der Waals surface area contributed by atoms with Crippen LogP contribution < -0.4 is 4.90 Å². The zero-order chi connectivity index (χ0) is 10.8. The van der Waals surface area contributed by atoms with E-state index >= 15 is 0 Å². The van der Waals surface area contributed by atoms with Gasteiger partial charge >= 0.3 is 6.01 Å². The second-order valence-electron chi connectivity index (χ2n) is 3.69. The average molecular weight is 207 g/mol. The minimum atomic E-state index is 0.250. The fourth-order valence-electron chi connectivity index (χ4n) is 1.21. The van der Waals surface area contributed by atoms with Crippen LogP contribution in [0, 0.1) is 0 Å². The maximum Gasteiger partial charge on any atom is 0.328 e. The SMILES string of the molecule is CC(C)c1noc(N2C=CC(O)=CC2)n1. The number of aliphatic hydroxyl groups is 1. The number of aliphatic hydroxyl groups excluding tert-OH is 1. The Morgan fingerprint density at radius 2 is 2.33 bits per heavy atom. The number of rotatable bonds is 2. The van der Waals surface area contributed by atoms with Crippen LogP contribution in [0.25, 0.3) is 0 Å². The molecule has 5 nitrogen and oxygen atoms in total. The van der Waals surface area contributed by atoms with Crippen LogP contribution in [0.5, 0.6) is 0 Å². The van der Waals surface area contributed by atoms with Crippen LogP contribution in [0.4, 0.5) is 6.01 Å². The Morgan fingerprint density at radius 3 is 2.87 bits per heavy atom. The molecule has 1 N–H and O–H groups in total. The molecule has 0 bridgehead atoms. The van der Waals surface area contributed by atoms with Crippen molar-refractivity contribution in [1.29, 1.82) is 0 Å². The van der Waals surface area contributed by atoms with Gasteiger partial charge in [-0.15, -0.1) is 0 Å². The van der Waals surface area contributed by atoms with E-state index in [1.807, 2.05) is 13.8 Å². The molecule has 1 aliphatic rings. The van der Waals surface area contributed by atoms with E-state index in [4.69, 9.17) is 9.63 Å². The second-order valence-corrected chi connectivity index (χ2v) is 3.69. The largest absolute Gasteiger partial charge is 0.508 e. The molecule has 15 heavy (non-hydrogen) atoms. The summed E-state index contributed by atoms with van der Waals surface area (Å²) in [7, 11) is 0. The lowest BCUT2D eigenvalue weighted by molar-refractivity contribution is 0.407. The summed E-state index contributed by atoms with van der Waals surface area (Å²) in [6.45, 7) is 4.56. The van der Waals surface area contributed by atoms with Gasteiger partial charge in [0.25, 0.3) is 0 Å². The van der Waals surface area contributed by atoms with Gasteiger partial charge in [0.05, 0.1) is 0 Å². The van der Waals surface area contributed by atoms with Crippen molar-refractivity contribution < 1.29 is 9.63 Å². The van der Waals surface area contributed by atoms with Crippen molar-refractivity contribution in [2.75, 3.05) is 11.4 Å². The predicted molar refractivity (Wildman–Crippen MR) is 55.6 cm³/mol. The van der Waals surface area contributed by atoms with E-state index in [-0.39, 0.29) is 11.7 Å². The summed E-state index contributed by atoms with van der Waals surface area (Å²) in [5.74, 6) is 1.20. The molecule has 1 aliphatic heterocycles. The Bertz CT molecular complexity index is 407. The van der Waals surface area contributed by atoms with Gasteiger partial charge in [-0.25, -0.2) is 0 Å². The lowest BCUT2D eigenvalue weighted by Crippen LogP contribution is -2.19. The first-order valence-electron chi connectivity index (χ1n) is 4.84. The highest BCUT2D eigenvalue weighted by Crippen LogP contribution is 2.18. The Morgan fingerprint density at radius 1 is 1.53 bits per heavy atom. The van der Waals surface area contributed by atoms with Crippen LogP contribution in [0.15, 0.2) is 28.6 Å². The molecule has 0 aromatic carbocycles. The van der Waals surface area contributed by atoms with Crippen molar-refractivity contribution in [2.45, 2.75) is 19.8 Å². The normalized spacial score (nSPS) is 15.9. The summed E-state index contributed by atoms with van der Waals surface area (Å²) in [6, 6.07) is 0.457. The number of allylic oxidation sites excluding steroid dienone is 1. The molecule has 2 heterocycles. The first-order valence-corrected chi connectivity index (χ1v) is 4.84. The third kappa shape index (κ3) is 2.01. The highest BCUT2D eigenvalue weighted by molar-refractivity contribution is 5.37. The van der Waals surface area contributed by atoms with Gasteiger partial charge in [0.1, 0.15) is 5.76 Å². The van der Waals surface area contributed by atoms with Gasteiger partial charge in [0, 0.05) is 18.7 Å². The zero-order valence-corrected chi connectivity index (χ0v) is 8.71. The first-order chi connectivity index (χ1) is 7.16. The number of anilines is 1. The van der Waals surface area contributed by atoms with Crippen LogP contribution in [-0.4, -0.2) is 21.8 Å². The monoisotopic (exact) mass is 207 g/mol. The molecule has 0 saturated heterocycles. The Labute approximate surface area is 87.7 Å². The van der Waals surface area contributed by atoms with E-state index in [2.05, 4.69) is 10.1 Å². The molecule has 2 rings (SSSR count). The van der Waals surface area contributed by atoms with Crippen molar-refractivity contribution in [3.05, 3.63) is 29.9 Å². The molecule has 1 aromatic rings. The number of aromatic nitrogens is 2. The zero-order valence-electron chi connectivity index (χ0n) is 8.71. The van der Waals surface area contributed by atoms with E-state index in [1.165, 1.54) is 0 Å². The second kappa shape index (κ2) is 3.76. The average Bonchev–Trinajstić information content (AvgIpc) is 2.68. The van der Waals surface area contributed by atoms with E-state index in [9.17, 15) is 0 Å². The van der Waals surface area contributed by atoms with Crippen molar-refractivity contribution >= 4 is 6.01 Å². The maximum absolute atomic E-state index is 9.15. The van der Waals surface area contributed by atoms with Gasteiger partial charge in [-0.3, -0.25) is 4.90 Å². The topological polar surface area (TPSA) is 62.4 Å². The molecular formula is C10H13N3O2. The lowest BCUT2D eigenvalue weighted by atomic mass is 10.2. The fourth-order valence-corrected chi connectivity index (χ4v) is 1.21. The minimum absolute atomic E-state index is 0.250. The molecular weight excluding hydrogens is 194 g/mol. The minimum Gasteiger partial charge on any atom is -0.508 e. The third-order valence-electron chi connectivity index (χ3n) is 2.12. The smallest absolute Gasteiger partial charge is 0.328 e. The van der Waals surface area contributed by atoms with E-state index < -0.39 is 0 Å². The summed E-state index contributed by atoms with van der Waals surface area (Å²) >= 11 is 0. The van der Waals surface area contributed by atoms with Crippen LogP contribution in [0.1, 0.15) is 25.6 Å². The van der Waals surface area contributed by atoms with Gasteiger partial charge in [-0.05, 0) is 12.2 Å². The molecule has 80 valence electrons. The summed E-state index contributed by atoms with van der Waals surface area (Å²) in [4.78, 5) is 6.02. The van der Waals surface area contributed by atoms with Gasteiger partial charge in [0.15, 0.2) is 5.82 Å².